The molecule has 0 unspecified atom stereocenters. The molecule has 1 aromatic rings. The Morgan fingerprint density at radius 2 is 2.08 bits per heavy atom. The minimum atomic E-state index is -0.583. The number of oxime groups is 1. The Labute approximate surface area is 157 Å². The number of hydrogen-bond donors (Lipinski definition) is 2. The van der Waals surface area contributed by atoms with E-state index in [-0.39, 0.29) is 5.41 Å². The van der Waals surface area contributed by atoms with Gasteiger partial charge in [-0.2, -0.15) is 0 Å². The summed E-state index contributed by atoms with van der Waals surface area (Å²) < 4.78 is 0. The summed E-state index contributed by atoms with van der Waals surface area (Å²) >= 11 is 0. The lowest BCUT2D eigenvalue weighted by molar-refractivity contribution is -0.0985. The summed E-state index contributed by atoms with van der Waals surface area (Å²) in [6.45, 7) is 5.23. The quantitative estimate of drug-likeness (QED) is 0.460. The molecule has 2 fully saturated rings. The zero-order chi connectivity index (χ0) is 18.6. The number of aliphatic hydroxyl groups is 1. The van der Waals surface area contributed by atoms with Crippen molar-refractivity contribution >= 4 is 6.21 Å². The van der Waals surface area contributed by atoms with Crippen LogP contribution in [0.4, 0.5) is 0 Å². The van der Waals surface area contributed by atoms with E-state index in [1.54, 1.807) is 6.21 Å². The molecule has 2 saturated carbocycles. The second kappa shape index (κ2) is 7.93. The first kappa shape index (κ1) is 19.1. The zero-order valence-electron chi connectivity index (χ0n) is 16.0. The molecule has 0 spiro atoms. The van der Waals surface area contributed by atoms with Gasteiger partial charge in [-0.05, 0) is 62.0 Å². The average Bonchev–Trinajstić information content (AvgIpc) is 2.90. The maximum atomic E-state index is 11.5. The van der Waals surface area contributed by atoms with Crippen molar-refractivity contribution in [3.63, 3.8) is 0 Å². The van der Waals surface area contributed by atoms with Gasteiger partial charge < -0.3 is 15.7 Å². The van der Waals surface area contributed by atoms with Gasteiger partial charge in [0.05, 0.1) is 11.8 Å². The highest BCUT2D eigenvalue weighted by Gasteiger charge is 2.58. The molecule has 2 aliphatic carbocycles. The van der Waals surface area contributed by atoms with Crippen molar-refractivity contribution in [1.29, 1.82) is 0 Å². The lowest BCUT2D eigenvalue weighted by Crippen LogP contribution is -2.49. The van der Waals surface area contributed by atoms with Crippen LogP contribution in [0.3, 0.4) is 0 Å². The van der Waals surface area contributed by atoms with E-state index in [4.69, 9.17) is 10.6 Å². The Hall–Kier alpha value is -1.65. The summed E-state index contributed by atoms with van der Waals surface area (Å²) in [7, 11) is 0. The maximum Gasteiger partial charge on any atom is 0.129 e. The molecule has 3 rings (SSSR count). The van der Waals surface area contributed by atoms with E-state index in [0.29, 0.717) is 25.0 Å². The second-order valence-corrected chi connectivity index (χ2v) is 8.21. The van der Waals surface area contributed by atoms with Crippen molar-refractivity contribution in [2.24, 2.45) is 22.2 Å². The summed E-state index contributed by atoms with van der Waals surface area (Å²) in [4.78, 5) is 5.09. The molecule has 0 amide bonds. The van der Waals surface area contributed by atoms with Crippen LogP contribution in [0.15, 0.2) is 47.1 Å². The third kappa shape index (κ3) is 3.72. The van der Waals surface area contributed by atoms with Gasteiger partial charge in [-0.3, -0.25) is 0 Å². The smallest absolute Gasteiger partial charge is 0.129 e. The van der Waals surface area contributed by atoms with Crippen LogP contribution in [0.5, 0.6) is 0 Å². The summed E-state index contributed by atoms with van der Waals surface area (Å²) in [5, 5.41) is 15.5. The maximum absolute atomic E-state index is 11.5. The predicted octanol–water partition coefficient (Wildman–Crippen LogP) is 4.01. The van der Waals surface area contributed by atoms with E-state index in [1.165, 1.54) is 5.56 Å². The Balaban J connectivity index is 1.71. The van der Waals surface area contributed by atoms with E-state index in [0.717, 1.165) is 37.7 Å². The van der Waals surface area contributed by atoms with Crippen molar-refractivity contribution in [2.45, 2.75) is 57.5 Å². The molecule has 0 aromatic heterocycles. The topological polar surface area (TPSA) is 67.8 Å². The van der Waals surface area contributed by atoms with Gasteiger partial charge in [0.1, 0.15) is 6.61 Å². The molecule has 1 aromatic carbocycles. The fraction of sp³-hybridized carbons (Fsp3) is 0.591. The Morgan fingerprint density at radius 1 is 1.31 bits per heavy atom. The van der Waals surface area contributed by atoms with Gasteiger partial charge in [-0.25, -0.2) is 0 Å². The molecule has 4 atom stereocenters. The summed E-state index contributed by atoms with van der Waals surface area (Å²) in [6, 6.07) is 10.7. The van der Waals surface area contributed by atoms with Gasteiger partial charge in [0.2, 0.25) is 0 Å². The number of hydrogen-bond acceptors (Lipinski definition) is 4. The molecule has 0 aliphatic heterocycles. The predicted molar refractivity (Wildman–Crippen MR) is 106 cm³/mol. The summed E-state index contributed by atoms with van der Waals surface area (Å²) in [5.41, 5.74) is 7.20. The molecule has 142 valence electrons. The van der Waals surface area contributed by atoms with Crippen LogP contribution in [0.25, 0.3) is 0 Å². The fourth-order valence-corrected chi connectivity index (χ4v) is 4.94. The third-order valence-corrected chi connectivity index (χ3v) is 6.62. The van der Waals surface area contributed by atoms with Crippen molar-refractivity contribution in [2.75, 3.05) is 13.2 Å². The fourth-order valence-electron chi connectivity index (χ4n) is 4.94. The molecule has 4 heteroatoms. The van der Waals surface area contributed by atoms with Crippen LogP contribution in [-0.4, -0.2) is 30.1 Å². The Morgan fingerprint density at radius 3 is 2.81 bits per heavy atom. The number of rotatable bonds is 6. The number of allylic oxidation sites excluding steroid dienone is 2. The van der Waals surface area contributed by atoms with Crippen LogP contribution in [0, 0.1) is 11.3 Å². The van der Waals surface area contributed by atoms with Gasteiger partial charge in [0, 0.05) is 12.0 Å². The first-order valence-corrected chi connectivity index (χ1v) is 9.80. The minimum Gasteiger partial charge on any atom is -0.394 e. The number of nitrogens with two attached hydrogens (primary N) is 1. The molecule has 0 saturated heterocycles. The first-order chi connectivity index (χ1) is 12.5. The Kier molecular flexibility index (Phi) is 5.83. The molecule has 0 heterocycles. The van der Waals surface area contributed by atoms with E-state index in [1.807, 2.05) is 6.92 Å². The molecule has 0 bridgehead atoms. The standard InChI is InChI=1S/C22H32N2O2/c1-17(16-24-26-13-12-23)14-20-9-11-22(25)15-19(8-10-21(20,22)2)18-6-4-3-5-7-18/h3-7,14,16,19-20,25H,8-13,15,23H2,1-2H3/b17-14+,24-16+/t19-,20+,21+,22-/m0/s1. The zero-order valence-corrected chi connectivity index (χ0v) is 16.0. The van der Waals surface area contributed by atoms with E-state index >= 15 is 0 Å². The van der Waals surface area contributed by atoms with Gasteiger partial charge in [-0.15, -0.1) is 0 Å². The Bertz CT molecular complexity index is 657. The lowest BCUT2D eigenvalue weighted by atomic mass is 9.59. The minimum absolute atomic E-state index is 0.0640. The van der Waals surface area contributed by atoms with Crippen LogP contribution in [0.1, 0.15) is 57.4 Å². The van der Waals surface area contributed by atoms with Gasteiger partial charge in [0.15, 0.2) is 0 Å². The number of benzene rings is 1. The van der Waals surface area contributed by atoms with Crippen LogP contribution < -0.4 is 5.73 Å². The van der Waals surface area contributed by atoms with Gasteiger partial charge >= 0.3 is 0 Å². The molecular formula is C22H32N2O2. The monoisotopic (exact) mass is 356 g/mol. The van der Waals surface area contributed by atoms with E-state index < -0.39 is 5.60 Å². The molecule has 3 N–H and O–H groups in total. The largest absolute Gasteiger partial charge is 0.394 e. The van der Waals surface area contributed by atoms with Gasteiger partial charge in [0.25, 0.3) is 0 Å². The van der Waals surface area contributed by atoms with Crippen molar-refractivity contribution in [3.8, 4) is 0 Å². The van der Waals surface area contributed by atoms with E-state index in [2.05, 4.69) is 48.5 Å². The van der Waals surface area contributed by atoms with Crippen molar-refractivity contribution in [3.05, 3.63) is 47.5 Å². The normalized spacial score (nSPS) is 34.8. The van der Waals surface area contributed by atoms with Gasteiger partial charge in [-0.1, -0.05) is 48.5 Å². The highest BCUT2D eigenvalue weighted by molar-refractivity contribution is 5.77. The summed E-state index contributed by atoms with van der Waals surface area (Å²) in [5.74, 6) is 0.842. The van der Waals surface area contributed by atoms with E-state index in [9.17, 15) is 5.11 Å². The van der Waals surface area contributed by atoms with Crippen molar-refractivity contribution in [1.82, 2.24) is 0 Å². The lowest BCUT2D eigenvalue weighted by Gasteiger charge is -2.49. The second-order valence-electron chi connectivity index (χ2n) is 8.21. The first-order valence-electron chi connectivity index (χ1n) is 9.80. The van der Waals surface area contributed by atoms with Crippen LogP contribution in [-0.2, 0) is 4.84 Å². The molecule has 0 radical (unpaired) electrons. The molecule has 4 nitrogen and oxygen atoms in total. The molecule has 26 heavy (non-hydrogen) atoms. The highest BCUT2D eigenvalue weighted by Crippen LogP contribution is 2.61. The number of fused-ring (bicyclic) bond motifs is 1. The molecular weight excluding hydrogens is 324 g/mol. The number of nitrogens with zero attached hydrogens (tertiary/aromatic N) is 1. The average molecular weight is 357 g/mol. The van der Waals surface area contributed by atoms with Crippen LogP contribution in [0.2, 0.25) is 0 Å². The highest BCUT2D eigenvalue weighted by atomic mass is 16.6. The SMILES string of the molecule is CC(/C=N/OCCN)=C\[C@H]1CC[C@]2(O)C[C@@H](c3ccccc3)CC[C@]12C. The van der Waals surface area contributed by atoms with Crippen molar-refractivity contribution < 1.29 is 9.94 Å². The summed E-state index contributed by atoms with van der Waals surface area (Å²) in [6.07, 6.45) is 9.00. The third-order valence-electron chi connectivity index (χ3n) is 6.62. The molecule has 2 aliphatic rings. The van der Waals surface area contributed by atoms with Crippen LogP contribution >= 0.6 is 0 Å².